The Morgan fingerprint density at radius 3 is 2.31 bits per heavy atom. The molecule has 1 fully saturated rings. The van der Waals surface area contributed by atoms with Crippen LogP contribution in [0.4, 0.5) is 11.4 Å². The Bertz CT molecular complexity index is 942. The van der Waals surface area contributed by atoms with E-state index in [1.54, 1.807) is 12.1 Å². The predicted octanol–water partition coefficient (Wildman–Crippen LogP) is 3.31. The van der Waals surface area contributed by atoms with Crippen LogP contribution in [0.15, 0.2) is 53.4 Å². The molecule has 0 aromatic heterocycles. The molecular formula is C20H25N3O5S. The Labute approximate surface area is 170 Å². The minimum Gasteiger partial charge on any atom is -0.394 e. The van der Waals surface area contributed by atoms with E-state index < -0.39 is 21.0 Å². The number of rotatable bonds is 7. The Balaban J connectivity index is 1.92. The van der Waals surface area contributed by atoms with Crippen molar-refractivity contribution in [3.63, 3.8) is 0 Å². The second kappa shape index (κ2) is 9.34. The number of hydrogen-bond acceptors (Lipinski definition) is 6. The highest BCUT2D eigenvalue weighted by molar-refractivity contribution is 7.89. The van der Waals surface area contributed by atoms with Gasteiger partial charge in [0.05, 0.1) is 22.5 Å². The lowest BCUT2D eigenvalue weighted by Crippen LogP contribution is -2.32. The lowest BCUT2D eigenvalue weighted by atomic mass is 10.1. The molecule has 156 valence electrons. The number of aliphatic hydroxyl groups excluding tert-OH is 1. The van der Waals surface area contributed by atoms with Crippen molar-refractivity contribution in [2.24, 2.45) is 0 Å². The summed E-state index contributed by atoms with van der Waals surface area (Å²) in [5.74, 6) is 0. The molecule has 1 atom stereocenters. The van der Waals surface area contributed by atoms with E-state index in [1.807, 2.05) is 18.2 Å². The highest BCUT2D eigenvalue weighted by Gasteiger charge is 2.28. The maximum Gasteiger partial charge on any atom is 0.293 e. The maximum atomic E-state index is 13.0. The Morgan fingerprint density at radius 2 is 1.72 bits per heavy atom. The van der Waals surface area contributed by atoms with E-state index >= 15 is 0 Å². The molecule has 0 spiro atoms. The van der Waals surface area contributed by atoms with E-state index in [2.05, 4.69) is 5.32 Å². The fraction of sp³-hybridized carbons (Fsp3) is 0.400. The zero-order chi connectivity index (χ0) is 20.9. The minimum absolute atomic E-state index is 0.0862. The molecule has 1 aliphatic rings. The fourth-order valence-electron chi connectivity index (χ4n) is 3.48. The Kier molecular flexibility index (Phi) is 6.83. The van der Waals surface area contributed by atoms with Crippen LogP contribution >= 0.6 is 0 Å². The van der Waals surface area contributed by atoms with E-state index in [0.29, 0.717) is 13.1 Å². The number of aliphatic hydroxyl groups is 1. The summed E-state index contributed by atoms with van der Waals surface area (Å²) >= 11 is 0. The topological polar surface area (TPSA) is 113 Å². The summed E-state index contributed by atoms with van der Waals surface area (Å²) in [4.78, 5) is 10.9. The SMILES string of the molecule is O=[N+]([O-])c1cc(S(=O)(=O)N2CCCCCC2)ccc1NC(CO)c1ccccc1. The summed E-state index contributed by atoms with van der Waals surface area (Å²) in [7, 11) is -3.79. The van der Waals surface area contributed by atoms with Gasteiger partial charge in [-0.15, -0.1) is 0 Å². The molecule has 2 aromatic rings. The first-order valence-corrected chi connectivity index (χ1v) is 11.1. The van der Waals surface area contributed by atoms with Gasteiger partial charge in [-0.25, -0.2) is 8.42 Å². The minimum atomic E-state index is -3.79. The van der Waals surface area contributed by atoms with Crippen LogP contribution in [0.2, 0.25) is 0 Å². The standard InChI is InChI=1S/C20H25N3O5S/c24-15-19(16-8-4-3-5-9-16)21-18-11-10-17(14-20(18)23(25)26)29(27,28)22-12-6-1-2-7-13-22/h3-5,8-11,14,19,21,24H,1-2,6-7,12-13,15H2. The zero-order valence-electron chi connectivity index (χ0n) is 16.0. The summed E-state index contributed by atoms with van der Waals surface area (Å²) in [6.07, 6.45) is 3.54. The monoisotopic (exact) mass is 419 g/mol. The highest BCUT2D eigenvalue weighted by atomic mass is 32.2. The fourth-order valence-corrected chi connectivity index (χ4v) is 5.02. The average molecular weight is 420 g/mol. The van der Waals surface area contributed by atoms with Crippen LogP contribution in [0.25, 0.3) is 0 Å². The van der Waals surface area contributed by atoms with Crippen LogP contribution in [0.5, 0.6) is 0 Å². The largest absolute Gasteiger partial charge is 0.394 e. The quantitative estimate of drug-likeness (QED) is 0.526. The third-order valence-corrected chi connectivity index (χ3v) is 6.98. The van der Waals surface area contributed by atoms with E-state index in [9.17, 15) is 23.6 Å². The molecule has 8 nitrogen and oxygen atoms in total. The molecule has 2 N–H and O–H groups in total. The summed E-state index contributed by atoms with van der Waals surface area (Å²) in [6, 6.07) is 12.4. The molecule has 1 aliphatic heterocycles. The molecule has 1 heterocycles. The van der Waals surface area contributed by atoms with Crippen molar-refractivity contribution in [3.8, 4) is 0 Å². The van der Waals surface area contributed by atoms with Crippen LogP contribution in [0, 0.1) is 10.1 Å². The van der Waals surface area contributed by atoms with E-state index in [1.165, 1.54) is 16.4 Å². The van der Waals surface area contributed by atoms with Crippen molar-refractivity contribution in [3.05, 3.63) is 64.2 Å². The predicted molar refractivity (Wildman–Crippen MR) is 110 cm³/mol. The van der Waals surface area contributed by atoms with E-state index in [4.69, 9.17) is 0 Å². The maximum absolute atomic E-state index is 13.0. The summed E-state index contributed by atoms with van der Waals surface area (Å²) < 4.78 is 27.3. The molecule has 0 bridgehead atoms. The van der Waals surface area contributed by atoms with Crippen LogP contribution in [0.3, 0.4) is 0 Å². The number of nitrogens with one attached hydrogen (secondary N) is 1. The van der Waals surface area contributed by atoms with Crippen molar-refractivity contribution >= 4 is 21.4 Å². The molecule has 0 aliphatic carbocycles. The van der Waals surface area contributed by atoms with Crippen molar-refractivity contribution in [2.45, 2.75) is 36.6 Å². The smallest absolute Gasteiger partial charge is 0.293 e. The van der Waals surface area contributed by atoms with Gasteiger partial charge in [0.2, 0.25) is 10.0 Å². The summed E-state index contributed by atoms with van der Waals surface area (Å²) in [6.45, 7) is 0.586. The van der Waals surface area contributed by atoms with Crippen LogP contribution in [-0.4, -0.2) is 42.4 Å². The molecule has 29 heavy (non-hydrogen) atoms. The second-order valence-corrected chi connectivity index (χ2v) is 8.98. The van der Waals surface area contributed by atoms with Gasteiger partial charge in [0.15, 0.2) is 0 Å². The molecule has 1 unspecified atom stereocenters. The van der Waals surface area contributed by atoms with Gasteiger partial charge in [-0.1, -0.05) is 43.2 Å². The third-order valence-electron chi connectivity index (χ3n) is 5.08. The molecule has 1 saturated heterocycles. The average Bonchev–Trinajstić information content (AvgIpc) is 3.02. The molecule has 9 heteroatoms. The lowest BCUT2D eigenvalue weighted by Gasteiger charge is -2.21. The van der Waals surface area contributed by atoms with Gasteiger partial charge in [0.25, 0.3) is 5.69 Å². The van der Waals surface area contributed by atoms with Gasteiger partial charge in [-0.05, 0) is 30.5 Å². The molecular weight excluding hydrogens is 394 g/mol. The van der Waals surface area contributed by atoms with Crippen molar-refractivity contribution in [1.29, 1.82) is 0 Å². The molecule has 0 amide bonds. The lowest BCUT2D eigenvalue weighted by molar-refractivity contribution is -0.384. The van der Waals surface area contributed by atoms with E-state index in [0.717, 1.165) is 37.3 Å². The van der Waals surface area contributed by atoms with Gasteiger partial charge >= 0.3 is 0 Å². The number of nitrogens with zero attached hydrogens (tertiary/aromatic N) is 2. The molecule has 0 saturated carbocycles. The first kappa shape index (κ1) is 21.2. The second-order valence-electron chi connectivity index (χ2n) is 7.04. The number of nitro benzene ring substituents is 1. The number of sulfonamides is 1. The van der Waals surface area contributed by atoms with Crippen molar-refractivity contribution in [1.82, 2.24) is 4.31 Å². The summed E-state index contributed by atoms with van der Waals surface area (Å²) in [5, 5.41) is 24.3. The van der Waals surface area contributed by atoms with Gasteiger partial charge in [0, 0.05) is 19.2 Å². The highest BCUT2D eigenvalue weighted by Crippen LogP contribution is 2.32. The first-order chi connectivity index (χ1) is 13.9. The summed E-state index contributed by atoms with van der Waals surface area (Å²) in [5.41, 5.74) is 0.591. The molecule has 3 rings (SSSR count). The number of nitro groups is 1. The number of anilines is 1. The van der Waals surface area contributed by atoms with Gasteiger partial charge in [-0.3, -0.25) is 10.1 Å². The van der Waals surface area contributed by atoms with Crippen molar-refractivity contribution < 1.29 is 18.4 Å². The van der Waals surface area contributed by atoms with E-state index in [-0.39, 0.29) is 22.9 Å². The first-order valence-electron chi connectivity index (χ1n) is 9.64. The molecule has 0 radical (unpaired) electrons. The van der Waals surface area contributed by atoms with Crippen LogP contribution < -0.4 is 5.32 Å². The molecule has 2 aromatic carbocycles. The van der Waals surface area contributed by atoms with Gasteiger partial charge in [-0.2, -0.15) is 4.31 Å². The Morgan fingerprint density at radius 1 is 1.07 bits per heavy atom. The van der Waals surface area contributed by atoms with Crippen molar-refractivity contribution in [2.75, 3.05) is 25.0 Å². The zero-order valence-corrected chi connectivity index (χ0v) is 16.8. The normalized spacial score (nSPS) is 16.7. The number of benzene rings is 2. The van der Waals surface area contributed by atoms with Gasteiger partial charge < -0.3 is 10.4 Å². The van der Waals surface area contributed by atoms with Crippen LogP contribution in [0.1, 0.15) is 37.3 Å². The van der Waals surface area contributed by atoms with Gasteiger partial charge in [0.1, 0.15) is 5.69 Å². The Hall–Kier alpha value is -2.49. The number of hydrogen-bond donors (Lipinski definition) is 2. The third kappa shape index (κ3) is 4.92. The van der Waals surface area contributed by atoms with Crippen LogP contribution in [-0.2, 0) is 10.0 Å².